The number of anilines is 1. The zero-order valence-electron chi connectivity index (χ0n) is 20.8. The Kier molecular flexibility index (Phi) is 5.62. The quantitative estimate of drug-likeness (QED) is 0.357. The molecule has 0 saturated carbocycles. The maximum atomic E-state index is 13.4. The molecule has 0 unspecified atom stereocenters. The van der Waals surface area contributed by atoms with E-state index in [0.29, 0.717) is 5.65 Å². The van der Waals surface area contributed by atoms with Crippen LogP contribution >= 0.6 is 0 Å². The van der Waals surface area contributed by atoms with E-state index in [1.165, 1.54) is 0 Å². The number of rotatable bonds is 4. The number of benzene rings is 2. The first-order valence-corrected chi connectivity index (χ1v) is 12.1. The van der Waals surface area contributed by atoms with Crippen molar-refractivity contribution in [3.05, 3.63) is 108 Å². The molecular weight excluding hydrogens is 476 g/mol. The van der Waals surface area contributed by atoms with Crippen molar-refractivity contribution in [2.24, 2.45) is 7.05 Å². The summed E-state index contributed by atoms with van der Waals surface area (Å²) in [6.07, 6.45) is 8.50. The highest BCUT2D eigenvalue weighted by Gasteiger charge is 2.23. The summed E-state index contributed by atoms with van der Waals surface area (Å²) in [5, 5.41) is 8.33. The van der Waals surface area contributed by atoms with E-state index < -0.39 is 0 Å². The van der Waals surface area contributed by atoms with Gasteiger partial charge in [-0.25, -0.2) is 9.97 Å². The van der Waals surface area contributed by atoms with Crippen LogP contribution in [0.5, 0.6) is 0 Å². The molecule has 0 spiro atoms. The number of hydrogen-bond acceptors (Lipinski definition) is 5. The molecule has 0 aliphatic rings. The zero-order chi connectivity index (χ0) is 26.2. The van der Waals surface area contributed by atoms with Crippen molar-refractivity contribution >= 4 is 28.3 Å². The van der Waals surface area contributed by atoms with Crippen molar-refractivity contribution in [2.75, 3.05) is 5.73 Å². The number of carbonyl (C=O) groups excluding carboxylic acids is 1. The lowest BCUT2D eigenvalue weighted by atomic mass is 10.1. The second kappa shape index (κ2) is 9.26. The summed E-state index contributed by atoms with van der Waals surface area (Å²) < 4.78 is 5.54. The molecule has 2 aromatic carbocycles. The van der Waals surface area contributed by atoms with Crippen LogP contribution in [0.25, 0.3) is 22.2 Å². The Hall–Kier alpha value is -5.36. The number of nitrogens with one attached hydrogen (secondary N) is 1. The first kappa shape index (κ1) is 23.1. The van der Waals surface area contributed by atoms with Crippen molar-refractivity contribution in [3.8, 4) is 17.5 Å². The highest BCUT2D eigenvalue weighted by molar-refractivity contribution is 6.04. The summed E-state index contributed by atoms with van der Waals surface area (Å²) in [5.41, 5.74) is 11.3. The molecule has 0 radical (unpaired) electrons. The second-order valence-corrected chi connectivity index (χ2v) is 8.99. The summed E-state index contributed by atoms with van der Waals surface area (Å²) in [4.78, 5) is 21.9. The van der Waals surface area contributed by atoms with E-state index in [9.17, 15) is 4.79 Å². The largest absolute Gasteiger partial charge is 0.383 e. The van der Waals surface area contributed by atoms with Crippen LogP contribution in [0, 0.1) is 11.8 Å². The third kappa shape index (κ3) is 4.04. The molecule has 186 valence electrons. The number of aromatic nitrogens is 6. The van der Waals surface area contributed by atoms with E-state index in [2.05, 4.69) is 48.9 Å². The van der Waals surface area contributed by atoms with E-state index in [4.69, 9.17) is 5.73 Å². The minimum Gasteiger partial charge on any atom is -0.383 e. The van der Waals surface area contributed by atoms with E-state index in [0.717, 1.165) is 33.4 Å². The molecule has 1 atom stereocenters. The van der Waals surface area contributed by atoms with Crippen LogP contribution in [0.3, 0.4) is 0 Å². The van der Waals surface area contributed by atoms with Crippen LogP contribution in [0.1, 0.15) is 40.1 Å². The lowest BCUT2D eigenvalue weighted by Gasteiger charge is -2.19. The van der Waals surface area contributed by atoms with Gasteiger partial charge < -0.3 is 15.6 Å². The van der Waals surface area contributed by atoms with Crippen LogP contribution < -0.4 is 11.1 Å². The molecule has 0 aliphatic carbocycles. The maximum absolute atomic E-state index is 13.4. The Morgan fingerprint density at radius 2 is 1.92 bits per heavy atom. The number of imidazole rings is 1. The van der Waals surface area contributed by atoms with Crippen molar-refractivity contribution in [3.63, 3.8) is 0 Å². The SMILES string of the molecule is C[C@H](NC(=O)c1c(N)ncn2ccnc12)c1cc2cccc(C#Cc3cnn(C)c3)c2n1-c1ccccc1. The van der Waals surface area contributed by atoms with E-state index in [1.54, 1.807) is 34.0 Å². The van der Waals surface area contributed by atoms with Crippen LogP contribution in [-0.4, -0.2) is 34.6 Å². The van der Waals surface area contributed by atoms with Gasteiger partial charge in [0.25, 0.3) is 5.91 Å². The standard InChI is InChI=1S/C29H24N8O/c1-19(34-29(38)25-27(30)32-18-36-14-13-31-28(25)36)24-15-22-8-6-7-21(12-11-20-16-33-35(2)17-20)26(22)37(24)23-9-4-3-5-10-23/h3-10,13-19H,30H2,1-2H3,(H,34,38)/t19-/m0/s1. The fourth-order valence-electron chi connectivity index (χ4n) is 4.64. The fourth-order valence-corrected chi connectivity index (χ4v) is 4.64. The Balaban J connectivity index is 1.46. The lowest BCUT2D eigenvalue weighted by Crippen LogP contribution is -2.29. The molecule has 4 heterocycles. The summed E-state index contributed by atoms with van der Waals surface area (Å²) in [7, 11) is 1.87. The number of hydrogen-bond donors (Lipinski definition) is 2. The van der Waals surface area contributed by atoms with Crippen LogP contribution in [0.4, 0.5) is 5.82 Å². The second-order valence-electron chi connectivity index (χ2n) is 8.99. The highest BCUT2D eigenvalue weighted by Crippen LogP contribution is 2.31. The number of carbonyl (C=O) groups is 1. The van der Waals surface area contributed by atoms with Crippen molar-refractivity contribution in [1.29, 1.82) is 0 Å². The molecule has 6 aromatic rings. The van der Waals surface area contributed by atoms with Crippen molar-refractivity contribution in [2.45, 2.75) is 13.0 Å². The molecule has 9 nitrogen and oxygen atoms in total. The summed E-state index contributed by atoms with van der Waals surface area (Å²) in [6, 6.07) is 17.8. The molecule has 0 aliphatic heterocycles. The number of aryl methyl sites for hydroxylation is 1. The van der Waals surface area contributed by atoms with E-state index in [1.807, 2.05) is 62.6 Å². The molecule has 3 N–H and O–H groups in total. The number of nitrogens with zero attached hydrogens (tertiary/aromatic N) is 6. The van der Waals surface area contributed by atoms with Crippen LogP contribution in [0.2, 0.25) is 0 Å². The molecule has 4 aromatic heterocycles. The molecule has 0 bridgehead atoms. The van der Waals surface area contributed by atoms with Gasteiger partial charge in [0.1, 0.15) is 17.7 Å². The summed E-state index contributed by atoms with van der Waals surface area (Å²) >= 11 is 0. The molecular formula is C29H24N8O. The van der Waals surface area contributed by atoms with Gasteiger partial charge in [-0.3, -0.25) is 13.9 Å². The fraction of sp³-hybridized carbons (Fsp3) is 0.103. The van der Waals surface area contributed by atoms with Gasteiger partial charge in [-0.05, 0) is 31.2 Å². The first-order valence-electron chi connectivity index (χ1n) is 12.1. The van der Waals surface area contributed by atoms with Gasteiger partial charge in [0.05, 0.1) is 23.3 Å². The van der Waals surface area contributed by atoms with Gasteiger partial charge in [-0.1, -0.05) is 42.2 Å². The highest BCUT2D eigenvalue weighted by atomic mass is 16.1. The molecule has 0 saturated heterocycles. The predicted molar refractivity (Wildman–Crippen MR) is 146 cm³/mol. The number of nitrogen functional groups attached to an aromatic ring is 1. The Morgan fingerprint density at radius 3 is 2.71 bits per heavy atom. The minimum atomic E-state index is -0.371. The third-order valence-electron chi connectivity index (χ3n) is 6.40. The van der Waals surface area contributed by atoms with Crippen molar-refractivity contribution in [1.82, 2.24) is 34.0 Å². The number of nitrogens with two attached hydrogens (primary N) is 1. The van der Waals surface area contributed by atoms with Crippen LogP contribution in [0.15, 0.2) is 85.7 Å². The predicted octanol–water partition coefficient (Wildman–Crippen LogP) is 3.88. The average molecular weight is 501 g/mol. The topological polar surface area (TPSA) is 108 Å². The van der Waals surface area contributed by atoms with Gasteiger partial charge in [0.2, 0.25) is 0 Å². The van der Waals surface area contributed by atoms with E-state index >= 15 is 0 Å². The zero-order valence-corrected chi connectivity index (χ0v) is 20.8. The first-order chi connectivity index (χ1) is 18.5. The smallest absolute Gasteiger partial charge is 0.259 e. The molecule has 0 fully saturated rings. The molecule has 9 heteroatoms. The number of amides is 1. The van der Waals surface area contributed by atoms with Crippen LogP contribution in [-0.2, 0) is 7.05 Å². The normalized spacial score (nSPS) is 11.8. The Bertz CT molecular complexity index is 1870. The molecule has 6 rings (SSSR count). The van der Waals surface area contributed by atoms with Gasteiger partial charge in [0.15, 0.2) is 5.65 Å². The maximum Gasteiger partial charge on any atom is 0.259 e. The van der Waals surface area contributed by atoms with E-state index in [-0.39, 0.29) is 23.3 Å². The Morgan fingerprint density at radius 1 is 1.08 bits per heavy atom. The Labute approximate surface area is 218 Å². The monoisotopic (exact) mass is 500 g/mol. The minimum absolute atomic E-state index is 0.130. The molecule has 1 amide bonds. The molecule has 38 heavy (non-hydrogen) atoms. The lowest BCUT2D eigenvalue weighted by molar-refractivity contribution is 0.0940. The third-order valence-corrected chi connectivity index (χ3v) is 6.40. The van der Waals surface area contributed by atoms with Crippen molar-refractivity contribution < 1.29 is 4.79 Å². The number of fused-ring (bicyclic) bond motifs is 2. The van der Waals surface area contributed by atoms with Gasteiger partial charge in [0, 0.05) is 48.0 Å². The van der Waals surface area contributed by atoms with Gasteiger partial charge in [-0.2, -0.15) is 5.10 Å². The van der Waals surface area contributed by atoms with Gasteiger partial charge >= 0.3 is 0 Å². The number of para-hydroxylation sites is 2. The summed E-state index contributed by atoms with van der Waals surface area (Å²) in [5.74, 6) is 6.33. The summed E-state index contributed by atoms with van der Waals surface area (Å²) in [6.45, 7) is 1.95. The van der Waals surface area contributed by atoms with Gasteiger partial charge in [-0.15, -0.1) is 0 Å². The average Bonchev–Trinajstić information content (AvgIpc) is 3.66.